The van der Waals surface area contributed by atoms with Crippen LogP contribution in [0, 0.1) is 0 Å². The van der Waals surface area contributed by atoms with E-state index in [4.69, 9.17) is 4.74 Å². The number of rotatable bonds is 5. The van der Waals surface area contributed by atoms with Gasteiger partial charge in [-0.3, -0.25) is 9.59 Å². The first-order chi connectivity index (χ1) is 14.6. The Morgan fingerprint density at radius 2 is 1.77 bits per heavy atom. The lowest BCUT2D eigenvalue weighted by molar-refractivity contribution is 0.0934. The first-order valence-electron chi connectivity index (χ1n) is 10.3. The second kappa shape index (κ2) is 8.67. The summed E-state index contributed by atoms with van der Waals surface area (Å²) in [5, 5.41) is 8.41. The molecule has 30 heavy (non-hydrogen) atoms. The topological polar surface area (TPSA) is 76.5 Å². The summed E-state index contributed by atoms with van der Waals surface area (Å²) >= 11 is 0. The van der Waals surface area contributed by atoms with Crippen LogP contribution in [0.4, 0.5) is 5.69 Å². The molecule has 0 unspecified atom stereocenters. The van der Waals surface area contributed by atoms with E-state index in [2.05, 4.69) is 27.4 Å². The van der Waals surface area contributed by atoms with Gasteiger partial charge in [-0.25, -0.2) is 4.68 Å². The van der Waals surface area contributed by atoms with Crippen molar-refractivity contribution in [2.45, 2.75) is 26.4 Å². The van der Waals surface area contributed by atoms with Crippen LogP contribution in [0.2, 0.25) is 0 Å². The minimum Gasteiger partial charge on any atom is -0.378 e. The second-order valence-corrected chi connectivity index (χ2v) is 7.40. The SMILES string of the molecule is CCn1nc(C(=O)N[C@H](C)c2ccc(N3CCOCC3)cc2)c2ccccc2c1=O. The van der Waals surface area contributed by atoms with Crippen molar-refractivity contribution in [3.05, 3.63) is 70.1 Å². The van der Waals surface area contributed by atoms with Crippen molar-refractivity contribution in [2.24, 2.45) is 0 Å². The Hall–Kier alpha value is -3.19. The average molecular weight is 406 g/mol. The third-order valence-corrected chi connectivity index (χ3v) is 5.50. The standard InChI is InChI=1S/C23H26N4O3/c1-3-27-23(29)20-7-5-4-6-19(20)21(25-27)22(28)24-16(2)17-8-10-18(11-9-17)26-12-14-30-15-13-26/h4-11,16H,3,12-15H2,1-2H3,(H,24,28)/t16-/m1/s1. The molecular weight excluding hydrogens is 380 g/mol. The van der Waals surface area contributed by atoms with Gasteiger partial charge in [-0.15, -0.1) is 0 Å². The number of fused-ring (bicyclic) bond motifs is 1. The molecule has 7 heteroatoms. The van der Waals surface area contributed by atoms with Crippen molar-refractivity contribution in [3.8, 4) is 0 Å². The Balaban J connectivity index is 1.55. The molecule has 2 heterocycles. The number of aromatic nitrogens is 2. The van der Waals surface area contributed by atoms with E-state index >= 15 is 0 Å². The Bertz CT molecular complexity index is 1100. The maximum atomic E-state index is 13.0. The monoisotopic (exact) mass is 406 g/mol. The quantitative estimate of drug-likeness (QED) is 0.705. The van der Waals surface area contributed by atoms with Gasteiger partial charge < -0.3 is 15.0 Å². The van der Waals surface area contributed by atoms with Gasteiger partial charge in [-0.05, 0) is 37.6 Å². The molecule has 156 valence electrons. The Morgan fingerprint density at radius 1 is 1.10 bits per heavy atom. The summed E-state index contributed by atoms with van der Waals surface area (Å²) in [6, 6.07) is 15.1. The molecule has 2 aromatic carbocycles. The Kier molecular flexibility index (Phi) is 5.81. The normalized spacial score (nSPS) is 15.2. The van der Waals surface area contributed by atoms with E-state index in [9.17, 15) is 9.59 Å². The number of anilines is 1. The van der Waals surface area contributed by atoms with Crippen LogP contribution in [-0.4, -0.2) is 42.0 Å². The van der Waals surface area contributed by atoms with Gasteiger partial charge in [0.2, 0.25) is 0 Å². The van der Waals surface area contributed by atoms with Crippen molar-refractivity contribution >= 4 is 22.4 Å². The lowest BCUT2D eigenvalue weighted by atomic mass is 10.1. The number of nitrogens with one attached hydrogen (secondary N) is 1. The van der Waals surface area contributed by atoms with Gasteiger partial charge in [0, 0.05) is 30.7 Å². The van der Waals surface area contributed by atoms with Crippen molar-refractivity contribution < 1.29 is 9.53 Å². The number of amides is 1. The van der Waals surface area contributed by atoms with Crippen LogP contribution in [0.5, 0.6) is 0 Å². The summed E-state index contributed by atoms with van der Waals surface area (Å²) in [5.74, 6) is -0.293. The first kappa shape index (κ1) is 20.1. The van der Waals surface area contributed by atoms with E-state index in [-0.39, 0.29) is 23.2 Å². The summed E-state index contributed by atoms with van der Waals surface area (Å²) < 4.78 is 6.74. The van der Waals surface area contributed by atoms with Crippen LogP contribution in [-0.2, 0) is 11.3 Å². The van der Waals surface area contributed by atoms with Gasteiger partial charge in [0.15, 0.2) is 5.69 Å². The minimum absolute atomic E-state index is 0.184. The third-order valence-electron chi connectivity index (χ3n) is 5.50. The highest BCUT2D eigenvalue weighted by atomic mass is 16.5. The molecule has 0 spiro atoms. The number of nitrogens with zero attached hydrogens (tertiary/aromatic N) is 3. The summed E-state index contributed by atoms with van der Waals surface area (Å²) in [6.45, 7) is 7.45. The second-order valence-electron chi connectivity index (χ2n) is 7.40. The summed E-state index contributed by atoms with van der Waals surface area (Å²) in [6.07, 6.45) is 0. The lowest BCUT2D eigenvalue weighted by Gasteiger charge is -2.29. The molecule has 1 atom stereocenters. The molecule has 1 saturated heterocycles. The number of carbonyl (C=O) groups is 1. The van der Waals surface area contributed by atoms with Gasteiger partial charge in [-0.1, -0.05) is 30.3 Å². The zero-order valence-corrected chi connectivity index (χ0v) is 17.3. The highest BCUT2D eigenvalue weighted by Gasteiger charge is 2.19. The van der Waals surface area contributed by atoms with Crippen molar-refractivity contribution in [1.29, 1.82) is 0 Å². The van der Waals surface area contributed by atoms with Crippen LogP contribution in [0.3, 0.4) is 0 Å². The Labute approximate surface area is 175 Å². The first-order valence-corrected chi connectivity index (χ1v) is 10.3. The maximum absolute atomic E-state index is 13.0. The molecule has 4 rings (SSSR count). The predicted molar refractivity (Wildman–Crippen MR) is 117 cm³/mol. The largest absolute Gasteiger partial charge is 0.378 e. The fourth-order valence-electron chi connectivity index (χ4n) is 3.76. The molecule has 3 aromatic rings. The molecular formula is C23H26N4O3. The maximum Gasteiger partial charge on any atom is 0.274 e. The fraction of sp³-hybridized carbons (Fsp3) is 0.348. The predicted octanol–water partition coefficient (Wildman–Crippen LogP) is 2.74. The van der Waals surface area contributed by atoms with E-state index in [1.54, 1.807) is 18.2 Å². The van der Waals surface area contributed by atoms with Crippen LogP contribution in [0.1, 0.15) is 35.9 Å². The number of ether oxygens (including phenoxy) is 1. The van der Waals surface area contributed by atoms with E-state index in [0.717, 1.165) is 37.6 Å². The Morgan fingerprint density at radius 3 is 2.43 bits per heavy atom. The van der Waals surface area contributed by atoms with Gasteiger partial charge in [0.05, 0.1) is 24.6 Å². The molecule has 0 aliphatic carbocycles. The number of benzene rings is 2. The summed E-state index contributed by atoms with van der Waals surface area (Å²) in [5.41, 5.74) is 2.25. The molecule has 1 N–H and O–H groups in total. The molecule has 0 bridgehead atoms. The fourth-order valence-corrected chi connectivity index (χ4v) is 3.76. The molecule has 1 aromatic heterocycles. The number of carbonyl (C=O) groups excluding carboxylic acids is 1. The molecule has 1 aliphatic heterocycles. The lowest BCUT2D eigenvalue weighted by Crippen LogP contribution is -2.36. The summed E-state index contributed by atoms with van der Waals surface area (Å²) in [4.78, 5) is 27.8. The molecule has 0 radical (unpaired) electrons. The van der Waals surface area contributed by atoms with E-state index in [1.165, 1.54) is 4.68 Å². The zero-order chi connectivity index (χ0) is 21.1. The van der Waals surface area contributed by atoms with Crippen LogP contribution < -0.4 is 15.8 Å². The van der Waals surface area contributed by atoms with Gasteiger partial charge in [-0.2, -0.15) is 5.10 Å². The van der Waals surface area contributed by atoms with Gasteiger partial charge in [0.25, 0.3) is 11.5 Å². The van der Waals surface area contributed by atoms with Crippen molar-refractivity contribution in [1.82, 2.24) is 15.1 Å². The van der Waals surface area contributed by atoms with Crippen molar-refractivity contribution in [3.63, 3.8) is 0 Å². The smallest absolute Gasteiger partial charge is 0.274 e. The zero-order valence-electron chi connectivity index (χ0n) is 17.3. The van der Waals surface area contributed by atoms with E-state index < -0.39 is 0 Å². The molecule has 1 amide bonds. The van der Waals surface area contributed by atoms with Crippen LogP contribution >= 0.6 is 0 Å². The highest BCUT2D eigenvalue weighted by Crippen LogP contribution is 2.21. The van der Waals surface area contributed by atoms with Gasteiger partial charge in [0.1, 0.15) is 0 Å². The summed E-state index contributed by atoms with van der Waals surface area (Å²) in [7, 11) is 0. The van der Waals surface area contributed by atoms with Crippen LogP contribution in [0.25, 0.3) is 10.8 Å². The third kappa shape index (κ3) is 3.93. The van der Waals surface area contributed by atoms with Crippen molar-refractivity contribution in [2.75, 3.05) is 31.2 Å². The van der Waals surface area contributed by atoms with E-state index in [1.807, 2.05) is 32.0 Å². The van der Waals surface area contributed by atoms with E-state index in [0.29, 0.717) is 17.3 Å². The molecule has 7 nitrogen and oxygen atoms in total. The number of hydrogen-bond donors (Lipinski definition) is 1. The minimum atomic E-state index is -0.293. The highest BCUT2D eigenvalue weighted by molar-refractivity contribution is 6.04. The van der Waals surface area contributed by atoms with Gasteiger partial charge >= 0.3 is 0 Å². The molecule has 1 fully saturated rings. The number of morpholine rings is 1. The number of aryl methyl sites for hydroxylation is 1. The molecule has 1 aliphatic rings. The molecule has 0 saturated carbocycles. The number of hydrogen-bond acceptors (Lipinski definition) is 5. The average Bonchev–Trinajstić information content (AvgIpc) is 2.80. The van der Waals surface area contributed by atoms with Crippen LogP contribution in [0.15, 0.2) is 53.3 Å².